The average molecular weight is 377 g/mol. The standard InChI is InChI=1S/C23H28N4O/c1-16(2)27-10-8-22(9-11-27)25-23(28)20-7-6-17-12-19(5-4-18(17)13-20)21-14-24-26(3)15-21/h4-7,12-16,22H,8-11H2,1-3H3,(H,25,28). The lowest BCUT2D eigenvalue weighted by Crippen LogP contribution is -2.46. The molecule has 0 spiro atoms. The number of benzene rings is 2. The van der Waals surface area contributed by atoms with E-state index in [0.29, 0.717) is 6.04 Å². The van der Waals surface area contributed by atoms with Gasteiger partial charge in [-0.2, -0.15) is 5.10 Å². The van der Waals surface area contributed by atoms with E-state index in [9.17, 15) is 4.79 Å². The van der Waals surface area contributed by atoms with E-state index in [0.717, 1.165) is 53.4 Å². The van der Waals surface area contributed by atoms with Crippen LogP contribution in [0.3, 0.4) is 0 Å². The number of aromatic nitrogens is 2. The molecule has 3 aromatic rings. The molecule has 1 fully saturated rings. The predicted molar refractivity (Wildman–Crippen MR) is 113 cm³/mol. The van der Waals surface area contributed by atoms with Crippen LogP contribution in [-0.2, 0) is 7.05 Å². The van der Waals surface area contributed by atoms with Gasteiger partial charge in [0.1, 0.15) is 0 Å². The summed E-state index contributed by atoms with van der Waals surface area (Å²) >= 11 is 0. The third kappa shape index (κ3) is 3.94. The smallest absolute Gasteiger partial charge is 0.251 e. The van der Waals surface area contributed by atoms with E-state index in [2.05, 4.69) is 47.4 Å². The number of hydrogen-bond acceptors (Lipinski definition) is 3. The van der Waals surface area contributed by atoms with Crippen LogP contribution in [0.15, 0.2) is 48.8 Å². The number of piperidine rings is 1. The number of fused-ring (bicyclic) bond motifs is 1. The molecule has 1 amide bonds. The minimum absolute atomic E-state index is 0.0289. The highest BCUT2D eigenvalue weighted by Gasteiger charge is 2.22. The van der Waals surface area contributed by atoms with Crippen molar-refractivity contribution in [1.82, 2.24) is 20.0 Å². The molecular formula is C23H28N4O. The first-order valence-electron chi connectivity index (χ1n) is 10.1. The zero-order valence-electron chi connectivity index (χ0n) is 16.9. The maximum absolute atomic E-state index is 12.7. The molecule has 0 unspecified atom stereocenters. The third-order valence-corrected chi connectivity index (χ3v) is 5.74. The minimum Gasteiger partial charge on any atom is -0.349 e. The fourth-order valence-electron chi connectivity index (χ4n) is 3.97. The average Bonchev–Trinajstić information content (AvgIpc) is 3.14. The number of carbonyl (C=O) groups excluding carboxylic acids is 1. The maximum atomic E-state index is 12.7. The zero-order valence-corrected chi connectivity index (χ0v) is 16.9. The summed E-state index contributed by atoms with van der Waals surface area (Å²) < 4.78 is 1.80. The number of aryl methyl sites for hydroxylation is 1. The molecule has 0 aliphatic carbocycles. The van der Waals surface area contributed by atoms with E-state index >= 15 is 0 Å². The van der Waals surface area contributed by atoms with Crippen LogP contribution in [0, 0.1) is 0 Å². The Morgan fingerprint density at radius 2 is 1.79 bits per heavy atom. The second-order valence-corrected chi connectivity index (χ2v) is 8.06. The molecule has 1 aliphatic heterocycles. The Morgan fingerprint density at radius 1 is 1.07 bits per heavy atom. The molecule has 2 aromatic carbocycles. The van der Waals surface area contributed by atoms with Gasteiger partial charge in [-0.05, 0) is 61.2 Å². The summed E-state index contributed by atoms with van der Waals surface area (Å²) in [5.41, 5.74) is 2.96. The molecule has 1 saturated heterocycles. The second-order valence-electron chi connectivity index (χ2n) is 8.06. The number of amides is 1. The normalized spacial score (nSPS) is 16.0. The van der Waals surface area contributed by atoms with Crippen LogP contribution >= 0.6 is 0 Å². The van der Waals surface area contributed by atoms with Gasteiger partial charge in [0, 0.05) is 49.5 Å². The molecule has 5 nitrogen and oxygen atoms in total. The van der Waals surface area contributed by atoms with Gasteiger partial charge in [-0.3, -0.25) is 9.48 Å². The van der Waals surface area contributed by atoms with Crippen molar-refractivity contribution in [1.29, 1.82) is 0 Å². The molecule has 0 bridgehead atoms. The second kappa shape index (κ2) is 7.76. The molecule has 1 aliphatic rings. The fraction of sp³-hybridized carbons (Fsp3) is 0.391. The number of carbonyl (C=O) groups is 1. The first kappa shape index (κ1) is 18.7. The molecule has 0 atom stereocenters. The number of nitrogens with one attached hydrogen (secondary N) is 1. The summed E-state index contributed by atoms with van der Waals surface area (Å²) in [4.78, 5) is 15.2. The minimum atomic E-state index is 0.0289. The van der Waals surface area contributed by atoms with E-state index in [1.165, 1.54) is 0 Å². The topological polar surface area (TPSA) is 50.2 Å². The largest absolute Gasteiger partial charge is 0.349 e. The number of nitrogens with zero attached hydrogens (tertiary/aromatic N) is 3. The summed E-state index contributed by atoms with van der Waals surface area (Å²) in [5, 5.41) is 9.67. The molecule has 0 radical (unpaired) electrons. The molecule has 2 heterocycles. The van der Waals surface area contributed by atoms with Gasteiger partial charge in [-0.15, -0.1) is 0 Å². The first-order valence-corrected chi connectivity index (χ1v) is 10.1. The van der Waals surface area contributed by atoms with Gasteiger partial charge >= 0.3 is 0 Å². The maximum Gasteiger partial charge on any atom is 0.251 e. The molecule has 0 saturated carbocycles. The Bertz CT molecular complexity index is 983. The van der Waals surface area contributed by atoms with Gasteiger partial charge in [0.25, 0.3) is 5.91 Å². The summed E-state index contributed by atoms with van der Waals surface area (Å²) in [5.74, 6) is 0.0289. The fourth-order valence-corrected chi connectivity index (χ4v) is 3.97. The predicted octanol–water partition coefficient (Wildman–Crippen LogP) is 3.84. The Balaban J connectivity index is 1.46. The highest BCUT2D eigenvalue weighted by Crippen LogP contribution is 2.25. The van der Waals surface area contributed by atoms with E-state index in [-0.39, 0.29) is 11.9 Å². The summed E-state index contributed by atoms with van der Waals surface area (Å²) in [6.07, 6.45) is 5.92. The van der Waals surface area contributed by atoms with E-state index in [1.54, 1.807) is 4.68 Å². The van der Waals surface area contributed by atoms with Crippen LogP contribution in [0.1, 0.15) is 37.0 Å². The highest BCUT2D eigenvalue weighted by molar-refractivity contribution is 5.99. The summed E-state index contributed by atoms with van der Waals surface area (Å²) in [7, 11) is 1.92. The number of likely N-dealkylation sites (tertiary alicyclic amines) is 1. The highest BCUT2D eigenvalue weighted by atomic mass is 16.1. The van der Waals surface area contributed by atoms with E-state index in [1.807, 2.05) is 37.6 Å². The SMILES string of the molecule is CC(C)N1CCC(NC(=O)c2ccc3cc(-c4cnn(C)c4)ccc3c2)CC1. The van der Waals surface area contributed by atoms with E-state index in [4.69, 9.17) is 0 Å². The van der Waals surface area contributed by atoms with Crippen molar-refractivity contribution >= 4 is 16.7 Å². The monoisotopic (exact) mass is 376 g/mol. The molecular weight excluding hydrogens is 348 g/mol. The van der Waals surface area contributed by atoms with Crippen LogP contribution in [0.25, 0.3) is 21.9 Å². The van der Waals surface area contributed by atoms with Crippen molar-refractivity contribution in [3.63, 3.8) is 0 Å². The summed E-state index contributed by atoms with van der Waals surface area (Å²) in [6.45, 7) is 6.57. The van der Waals surface area contributed by atoms with Gasteiger partial charge in [-0.1, -0.05) is 18.2 Å². The van der Waals surface area contributed by atoms with Gasteiger partial charge in [0.15, 0.2) is 0 Å². The lowest BCUT2D eigenvalue weighted by Gasteiger charge is -2.34. The molecule has 4 rings (SSSR count). The van der Waals surface area contributed by atoms with Gasteiger partial charge in [0.05, 0.1) is 6.20 Å². The van der Waals surface area contributed by atoms with Crippen molar-refractivity contribution < 1.29 is 4.79 Å². The third-order valence-electron chi connectivity index (χ3n) is 5.74. The number of hydrogen-bond donors (Lipinski definition) is 1. The number of rotatable bonds is 4. The Hall–Kier alpha value is -2.66. The quantitative estimate of drug-likeness (QED) is 0.753. The van der Waals surface area contributed by atoms with Gasteiger partial charge in [0.2, 0.25) is 0 Å². The van der Waals surface area contributed by atoms with Crippen molar-refractivity contribution in [3.05, 3.63) is 54.4 Å². The molecule has 1 aromatic heterocycles. The van der Waals surface area contributed by atoms with Crippen LogP contribution in [-0.4, -0.2) is 45.8 Å². The van der Waals surface area contributed by atoms with Crippen molar-refractivity contribution in [2.24, 2.45) is 7.05 Å². The Labute approximate surface area is 166 Å². The van der Waals surface area contributed by atoms with Crippen LogP contribution in [0.2, 0.25) is 0 Å². The molecule has 1 N–H and O–H groups in total. The van der Waals surface area contributed by atoms with Gasteiger partial charge < -0.3 is 10.2 Å². The summed E-state index contributed by atoms with van der Waals surface area (Å²) in [6, 6.07) is 13.1. The Kier molecular flexibility index (Phi) is 5.18. The first-order chi connectivity index (χ1) is 13.5. The van der Waals surface area contributed by atoms with Gasteiger partial charge in [-0.25, -0.2) is 0 Å². The van der Waals surface area contributed by atoms with Crippen molar-refractivity contribution in [3.8, 4) is 11.1 Å². The Morgan fingerprint density at radius 3 is 2.46 bits per heavy atom. The molecule has 146 valence electrons. The lowest BCUT2D eigenvalue weighted by atomic mass is 10.0. The molecule has 28 heavy (non-hydrogen) atoms. The zero-order chi connectivity index (χ0) is 19.7. The van der Waals surface area contributed by atoms with Crippen molar-refractivity contribution in [2.45, 2.75) is 38.8 Å². The molecule has 5 heteroatoms. The lowest BCUT2D eigenvalue weighted by molar-refractivity contribution is 0.0901. The van der Waals surface area contributed by atoms with Crippen molar-refractivity contribution in [2.75, 3.05) is 13.1 Å². The van der Waals surface area contributed by atoms with Crippen LogP contribution < -0.4 is 5.32 Å². The van der Waals surface area contributed by atoms with E-state index < -0.39 is 0 Å². The van der Waals surface area contributed by atoms with Crippen LogP contribution in [0.5, 0.6) is 0 Å². The van der Waals surface area contributed by atoms with Crippen LogP contribution in [0.4, 0.5) is 0 Å².